The van der Waals surface area contributed by atoms with Crippen molar-refractivity contribution in [3.63, 3.8) is 0 Å². The minimum atomic E-state index is -1.08. The largest absolute Gasteiger partial charge is 0.478 e. The lowest BCUT2D eigenvalue weighted by molar-refractivity contribution is -0.115. The third-order valence-electron chi connectivity index (χ3n) is 5.40. The van der Waals surface area contributed by atoms with Gasteiger partial charge < -0.3 is 15.4 Å². The number of halogens is 1. The third-order valence-corrected chi connectivity index (χ3v) is 6.61. The molecule has 35 heavy (non-hydrogen) atoms. The SMILES string of the molecule is Cc1ccc(-c2nc(SCCC(=O)Nc3cc(C(=O)O)ccc3Cl)[nH]c2-c2ccc(C)cc2)cc1. The fraction of sp³-hybridized carbons (Fsp3) is 0.148. The van der Waals surface area contributed by atoms with E-state index >= 15 is 0 Å². The molecule has 0 atom stereocenters. The fourth-order valence-corrected chi connectivity index (χ4v) is 4.45. The van der Waals surface area contributed by atoms with E-state index in [0.717, 1.165) is 27.7 Å². The number of aromatic amines is 1. The van der Waals surface area contributed by atoms with Crippen LogP contribution in [0.25, 0.3) is 22.5 Å². The number of hydrogen-bond acceptors (Lipinski definition) is 4. The zero-order valence-corrected chi connectivity index (χ0v) is 20.8. The number of amides is 1. The number of H-pyrrole nitrogens is 1. The van der Waals surface area contributed by atoms with Crippen molar-refractivity contribution < 1.29 is 14.7 Å². The van der Waals surface area contributed by atoms with Gasteiger partial charge in [0.15, 0.2) is 5.16 Å². The van der Waals surface area contributed by atoms with E-state index in [-0.39, 0.29) is 28.6 Å². The monoisotopic (exact) mass is 505 g/mol. The van der Waals surface area contributed by atoms with Crippen molar-refractivity contribution in [2.45, 2.75) is 25.4 Å². The predicted molar refractivity (Wildman–Crippen MR) is 141 cm³/mol. The van der Waals surface area contributed by atoms with Crippen LogP contribution in [0.15, 0.2) is 71.9 Å². The van der Waals surface area contributed by atoms with E-state index in [9.17, 15) is 9.59 Å². The van der Waals surface area contributed by atoms with Crippen LogP contribution in [0.4, 0.5) is 5.69 Å². The molecule has 178 valence electrons. The maximum atomic E-state index is 12.5. The van der Waals surface area contributed by atoms with Crippen molar-refractivity contribution in [1.82, 2.24) is 9.97 Å². The maximum absolute atomic E-state index is 12.5. The molecule has 0 aliphatic rings. The van der Waals surface area contributed by atoms with Crippen LogP contribution in [-0.4, -0.2) is 32.7 Å². The predicted octanol–water partition coefficient (Wildman–Crippen LogP) is 6.83. The number of thioether (sulfide) groups is 1. The first-order valence-corrected chi connectivity index (χ1v) is 12.4. The van der Waals surface area contributed by atoms with E-state index in [1.54, 1.807) is 0 Å². The summed E-state index contributed by atoms with van der Waals surface area (Å²) in [6, 6.07) is 20.7. The molecule has 0 fully saturated rings. The van der Waals surface area contributed by atoms with Crippen LogP contribution in [0, 0.1) is 13.8 Å². The molecule has 0 aliphatic heterocycles. The van der Waals surface area contributed by atoms with Gasteiger partial charge >= 0.3 is 5.97 Å². The maximum Gasteiger partial charge on any atom is 0.335 e. The molecule has 6 nitrogen and oxygen atoms in total. The van der Waals surface area contributed by atoms with Crippen LogP contribution < -0.4 is 5.32 Å². The Morgan fingerprint density at radius 1 is 0.971 bits per heavy atom. The van der Waals surface area contributed by atoms with E-state index in [2.05, 4.69) is 65.8 Å². The van der Waals surface area contributed by atoms with E-state index in [0.29, 0.717) is 5.75 Å². The topological polar surface area (TPSA) is 95.1 Å². The molecular formula is C27H24ClN3O3S. The molecule has 1 amide bonds. The highest BCUT2D eigenvalue weighted by atomic mass is 35.5. The van der Waals surface area contributed by atoms with Gasteiger partial charge in [-0.1, -0.05) is 83.0 Å². The summed E-state index contributed by atoms with van der Waals surface area (Å²) in [5.74, 6) is -0.860. The molecule has 0 saturated carbocycles. The van der Waals surface area contributed by atoms with E-state index in [1.807, 2.05) is 6.92 Å². The number of anilines is 1. The molecule has 0 unspecified atom stereocenters. The van der Waals surface area contributed by atoms with Gasteiger partial charge in [0.05, 0.1) is 27.7 Å². The first-order valence-electron chi connectivity index (χ1n) is 11.0. The number of nitrogens with one attached hydrogen (secondary N) is 2. The number of carboxylic acids is 1. The molecule has 8 heteroatoms. The lowest BCUT2D eigenvalue weighted by Gasteiger charge is -2.08. The summed E-state index contributed by atoms with van der Waals surface area (Å²) in [4.78, 5) is 31.9. The minimum Gasteiger partial charge on any atom is -0.478 e. The Labute approximate surface area is 212 Å². The second kappa shape index (κ2) is 10.8. The molecule has 0 radical (unpaired) electrons. The van der Waals surface area contributed by atoms with Crippen molar-refractivity contribution in [2.24, 2.45) is 0 Å². The number of aromatic carboxylic acids is 1. The zero-order chi connectivity index (χ0) is 24.9. The average Bonchev–Trinajstić information content (AvgIpc) is 3.25. The lowest BCUT2D eigenvalue weighted by atomic mass is 10.0. The van der Waals surface area contributed by atoms with Gasteiger partial charge in [-0.05, 0) is 32.0 Å². The Hall–Kier alpha value is -3.55. The smallest absolute Gasteiger partial charge is 0.335 e. The summed E-state index contributed by atoms with van der Waals surface area (Å²) < 4.78 is 0. The summed E-state index contributed by atoms with van der Waals surface area (Å²) >= 11 is 7.55. The van der Waals surface area contributed by atoms with Gasteiger partial charge in [0.25, 0.3) is 0 Å². The van der Waals surface area contributed by atoms with Crippen molar-refractivity contribution in [2.75, 3.05) is 11.1 Å². The Kier molecular flexibility index (Phi) is 7.58. The first kappa shape index (κ1) is 24.6. The Morgan fingerprint density at radius 3 is 2.23 bits per heavy atom. The van der Waals surface area contributed by atoms with Gasteiger partial charge in [-0.3, -0.25) is 4.79 Å². The van der Waals surface area contributed by atoms with Crippen LogP contribution in [0.5, 0.6) is 0 Å². The Balaban J connectivity index is 1.48. The fourth-order valence-electron chi connectivity index (χ4n) is 3.48. The van der Waals surface area contributed by atoms with Gasteiger partial charge in [-0.15, -0.1) is 0 Å². The molecule has 0 bridgehead atoms. The molecule has 0 spiro atoms. The standard InChI is InChI=1S/C27H24ClN3O3S/c1-16-3-7-18(8-4-16)24-25(19-9-5-17(2)6-10-19)31-27(30-24)35-14-13-23(32)29-22-15-20(26(33)34)11-12-21(22)28/h3-12,15H,13-14H2,1-2H3,(H,29,32)(H,30,31)(H,33,34). The molecule has 0 aliphatic carbocycles. The molecule has 1 heterocycles. The van der Waals surface area contributed by atoms with E-state index in [4.69, 9.17) is 21.7 Å². The number of benzene rings is 3. The lowest BCUT2D eigenvalue weighted by Crippen LogP contribution is -2.13. The van der Waals surface area contributed by atoms with Crippen LogP contribution >= 0.6 is 23.4 Å². The molecular weight excluding hydrogens is 482 g/mol. The van der Waals surface area contributed by atoms with Gasteiger partial charge in [0.2, 0.25) is 5.91 Å². The van der Waals surface area contributed by atoms with Crippen LogP contribution in [0.3, 0.4) is 0 Å². The number of imidazole rings is 1. The molecule has 0 saturated heterocycles. The quantitative estimate of drug-likeness (QED) is 0.228. The first-order chi connectivity index (χ1) is 16.8. The summed E-state index contributed by atoms with van der Waals surface area (Å²) in [6.07, 6.45) is 0.207. The number of carbonyl (C=O) groups is 2. The van der Waals surface area contributed by atoms with E-state index < -0.39 is 5.97 Å². The average molecular weight is 506 g/mol. The van der Waals surface area contributed by atoms with Gasteiger partial charge in [0.1, 0.15) is 0 Å². The molecule has 3 N–H and O–H groups in total. The molecule has 3 aromatic carbocycles. The van der Waals surface area contributed by atoms with Crippen molar-refractivity contribution >= 4 is 40.9 Å². The van der Waals surface area contributed by atoms with Crippen molar-refractivity contribution in [3.8, 4) is 22.5 Å². The van der Waals surface area contributed by atoms with Crippen LogP contribution in [-0.2, 0) is 4.79 Å². The summed E-state index contributed by atoms with van der Waals surface area (Å²) in [7, 11) is 0. The van der Waals surface area contributed by atoms with Crippen LogP contribution in [0.2, 0.25) is 5.02 Å². The highest BCUT2D eigenvalue weighted by molar-refractivity contribution is 7.99. The van der Waals surface area contributed by atoms with Crippen LogP contribution in [0.1, 0.15) is 27.9 Å². The van der Waals surface area contributed by atoms with E-state index in [1.165, 1.54) is 41.1 Å². The Morgan fingerprint density at radius 2 is 1.60 bits per heavy atom. The third kappa shape index (κ3) is 6.12. The van der Waals surface area contributed by atoms with Gasteiger partial charge in [-0.25, -0.2) is 9.78 Å². The minimum absolute atomic E-state index is 0.0573. The number of aryl methyl sites for hydroxylation is 2. The number of rotatable bonds is 8. The highest BCUT2D eigenvalue weighted by Crippen LogP contribution is 2.33. The van der Waals surface area contributed by atoms with Crippen molar-refractivity contribution in [3.05, 3.63) is 88.4 Å². The number of carboxylic acid groups (broad SMARTS) is 1. The number of nitrogens with zero attached hydrogens (tertiary/aromatic N) is 1. The second-order valence-electron chi connectivity index (χ2n) is 8.14. The number of aromatic nitrogens is 2. The summed E-state index contributed by atoms with van der Waals surface area (Å²) in [6.45, 7) is 4.10. The summed E-state index contributed by atoms with van der Waals surface area (Å²) in [5, 5.41) is 12.8. The molecule has 4 rings (SSSR count). The molecule has 1 aromatic heterocycles. The van der Waals surface area contributed by atoms with Gasteiger partial charge in [-0.2, -0.15) is 0 Å². The van der Waals surface area contributed by atoms with Crippen molar-refractivity contribution in [1.29, 1.82) is 0 Å². The normalized spacial score (nSPS) is 10.8. The Bertz CT molecular complexity index is 1300. The highest BCUT2D eigenvalue weighted by Gasteiger charge is 2.16. The summed E-state index contributed by atoms with van der Waals surface area (Å²) in [5.41, 5.74) is 6.53. The number of carbonyl (C=O) groups excluding carboxylic acids is 1. The second-order valence-corrected chi connectivity index (χ2v) is 9.63. The molecule has 4 aromatic rings. The zero-order valence-electron chi connectivity index (χ0n) is 19.3. The number of hydrogen-bond donors (Lipinski definition) is 3. The van der Waals surface area contributed by atoms with Gasteiger partial charge in [0, 0.05) is 23.3 Å².